The van der Waals surface area contributed by atoms with Gasteiger partial charge in [0.2, 0.25) is 5.91 Å². The monoisotopic (exact) mass is 421 g/mol. The summed E-state index contributed by atoms with van der Waals surface area (Å²) in [7, 11) is 2.93. The van der Waals surface area contributed by atoms with Crippen LogP contribution in [0.2, 0.25) is 0 Å². The topological polar surface area (TPSA) is 91.9 Å². The molecule has 2 amide bonds. The molecule has 4 rings (SSSR count). The molecule has 31 heavy (non-hydrogen) atoms. The summed E-state index contributed by atoms with van der Waals surface area (Å²) in [4.78, 5) is 43.7. The van der Waals surface area contributed by atoms with E-state index in [1.165, 1.54) is 7.11 Å². The van der Waals surface area contributed by atoms with Crippen LogP contribution in [0.15, 0.2) is 48.5 Å². The molecule has 8 heteroatoms. The molecule has 1 aliphatic heterocycles. The summed E-state index contributed by atoms with van der Waals surface area (Å²) >= 11 is 0. The molecule has 0 spiro atoms. The van der Waals surface area contributed by atoms with E-state index in [0.29, 0.717) is 36.6 Å². The maximum absolute atomic E-state index is 12.9. The van der Waals surface area contributed by atoms with Gasteiger partial charge in [-0.3, -0.25) is 9.59 Å². The average Bonchev–Trinajstić information content (AvgIpc) is 3.22. The molecule has 3 aromatic rings. The minimum absolute atomic E-state index is 0.00815. The Morgan fingerprint density at radius 2 is 1.90 bits per heavy atom. The molecule has 0 radical (unpaired) electrons. The zero-order chi connectivity index (χ0) is 22.0. The minimum Gasteiger partial charge on any atom is -0.497 e. The first-order chi connectivity index (χ1) is 15.0. The number of rotatable bonds is 5. The number of carbonyl (C=O) groups excluding carboxylic acids is 3. The lowest BCUT2D eigenvalue weighted by Gasteiger charge is -2.34. The molecular formula is C23H23N3O5. The second-order valence-corrected chi connectivity index (χ2v) is 7.37. The van der Waals surface area contributed by atoms with Crippen LogP contribution in [0.5, 0.6) is 5.75 Å². The van der Waals surface area contributed by atoms with Crippen LogP contribution >= 0.6 is 0 Å². The first kappa shape index (κ1) is 20.5. The third-order valence-electron chi connectivity index (χ3n) is 5.39. The van der Waals surface area contributed by atoms with Gasteiger partial charge in [-0.05, 0) is 42.0 Å². The fourth-order valence-corrected chi connectivity index (χ4v) is 3.71. The van der Waals surface area contributed by atoms with Gasteiger partial charge in [-0.2, -0.15) is 0 Å². The summed E-state index contributed by atoms with van der Waals surface area (Å²) in [5.41, 5.74) is 2.55. The Balaban J connectivity index is 1.43. The van der Waals surface area contributed by atoms with E-state index in [1.54, 1.807) is 41.2 Å². The molecule has 1 fully saturated rings. The number of aromatic amines is 1. The Morgan fingerprint density at radius 3 is 2.65 bits per heavy atom. The molecule has 2 aromatic carbocycles. The van der Waals surface area contributed by atoms with Crippen LogP contribution < -0.4 is 4.74 Å². The second kappa shape index (κ2) is 8.51. The summed E-state index contributed by atoms with van der Waals surface area (Å²) in [6.45, 7) is 1.23. The van der Waals surface area contributed by atoms with E-state index >= 15 is 0 Å². The lowest BCUT2D eigenvalue weighted by atomic mass is 10.1. The van der Waals surface area contributed by atoms with Crippen molar-refractivity contribution in [3.05, 3.63) is 65.4 Å². The second-order valence-electron chi connectivity index (χ2n) is 7.37. The highest BCUT2D eigenvalue weighted by molar-refractivity contribution is 6.00. The Bertz CT molecular complexity index is 1150. The molecule has 1 aromatic heterocycles. The van der Waals surface area contributed by atoms with Gasteiger partial charge in [0.25, 0.3) is 5.91 Å². The van der Waals surface area contributed by atoms with Crippen LogP contribution in [0.25, 0.3) is 10.9 Å². The first-order valence-corrected chi connectivity index (χ1v) is 9.89. The van der Waals surface area contributed by atoms with Gasteiger partial charge in [0.1, 0.15) is 18.0 Å². The highest BCUT2D eigenvalue weighted by Gasteiger charge is 2.28. The Kier molecular flexibility index (Phi) is 5.62. The standard InChI is InChI=1S/C23H23N3O5/c1-30-18-6-7-19-17(11-18)12-20(24-19)22(28)26-9-8-25(21(27)14-26)13-15-4-3-5-16(10-15)23(29)31-2/h3-7,10-12,24H,8-9,13-14H2,1-2H3. The highest BCUT2D eigenvalue weighted by Crippen LogP contribution is 2.22. The molecule has 0 bridgehead atoms. The van der Waals surface area contributed by atoms with Gasteiger partial charge >= 0.3 is 5.97 Å². The zero-order valence-corrected chi connectivity index (χ0v) is 17.4. The highest BCUT2D eigenvalue weighted by atomic mass is 16.5. The summed E-state index contributed by atoms with van der Waals surface area (Å²) in [5.74, 6) is -0.0539. The van der Waals surface area contributed by atoms with Gasteiger partial charge in [0.15, 0.2) is 0 Å². The smallest absolute Gasteiger partial charge is 0.337 e. The quantitative estimate of drug-likeness (QED) is 0.639. The zero-order valence-electron chi connectivity index (χ0n) is 17.4. The Morgan fingerprint density at radius 1 is 1.06 bits per heavy atom. The van der Waals surface area contributed by atoms with Crippen molar-refractivity contribution in [1.29, 1.82) is 0 Å². The van der Waals surface area contributed by atoms with E-state index in [9.17, 15) is 14.4 Å². The van der Waals surface area contributed by atoms with Crippen molar-refractivity contribution in [2.45, 2.75) is 6.54 Å². The molecule has 0 unspecified atom stereocenters. The van der Waals surface area contributed by atoms with Gasteiger partial charge in [-0.1, -0.05) is 12.1 Å². The van der Waals surface area contributed by atoms with Gasteiger partial charge in [0, 0.05) is 30.5 Å². The number of amides is 2. The number of H-pyrrole nitrogens is 1. The van der Waals surface area contributed by atoms with E-state index in [2.05, 4.69) is 4.98 Å². The third-order valence-corrected chi connectivity index (χ3v) is 5.39. The molecule has 0 aliphatic carbocycles. The fourth-order valence-electron chi connectivity index (χ4n) is 3.71. The maximum Gasteiger partial charge on any atom is 0.337 e. The van der Waals surface area contributed by atoms with Crippen molar-refractivity contribution in [3.63, 3.8) is 0 Å². The molecule has 1 saturated heterocycles. The minimum atomic E-state index is -0.417. The van der Waals surface area contributed by atoms with Crippen molar-refractivity contribution in [2.75, 3.05) is 33.9 Å². The van der Waals surface area contributed by atoms with E-state index in [1.807, 2.05) is 24.3 Å². The molecule has 160 valence electrons. The molecular weight excluding hydrogens is 398 g/mol. The molecule has 1 aliphatic rings. The number of benzene rings is 2. The number of nitrogens with zero attached hydrogens (tertiary/aromatic N) is 2. The lowest BCUT2D eigenvalue weighted by Crippen LogP contribution is -2.51. The number of fused-ring (bicyclic) bond motifs is 1. The van der Waals surface area contributed by atoms with Crippen molar-refractivity contribution in [1.82, 2.24) is 14.8 Å². The number of hydrogen-bond acceptors (Lipinski definition) is 5. The number of piperazine rings is 1. The summed E-state index contributed by atoms with van der Waals surface area (Å²) in [6.07, 6.45) is 0. The fraction of sp³-hybridized carbons (Fsp3) is 0.261. The summed E-state index contributed by atoms with van der Waals surface area (Å²) < 4.78 is 9.97. The SMILES string of the molecule is COC(=O)c1cccc(CN2CCN(C(=O)c3cc4cc(OC)ccc4[nH]3)CC2=O)c1. The first-order valence-electron chi connectivity index (χ1n) is 9.89. The predicted octanol–water partition coefficient (Wildman–Crippen LogP) is 2.45. The number of carbonyl (C=O) groups is 3. The van der Waals surface area contributed by atoms with Gasteiger partial charge < -0.3 is 24.3 Å². The lowest BCUT2D eigenvalue weighted by molar-refractivity contribution is -0.135. The van der Waals surface area contributed by atoms with Crippen LogP contribution in [0.3, 0.4) is 0 Å². The van der Waals surface area contributed by atoms with Crippen LogP contribution in [0.1, 0.15) is 26.4 Å². The van der Waals surface area contributed by atoms with Gasteiger partial charge in [0.05, 0.1) is 19.8 Å². The van der Waals surface area contributed by atoms with Crippen LogP contribution in [0, 0.1) is 0 Å². The Labute approximate surface area is 179 Å². The number of ether oxygens (including phenoxy) is 2. The third kappa shape index (κ3) is 4.23. The van der Waals surface area contributed by atoms with Crippen molar-refractivity contribution >= 4 is 28.7 Å². The van der Waals surface area contributed by atoms with Crippen LogP contribution in [0.4, 0.5) is 0 Å². The van der Waals surface area contributed by atoms with Gasteiger partial charge in [-0.15, -0.1) is 0 Å². The van der Waals surface area contributed by atoms with Crippen molar-refractivity contribution < 1.29 is 23.9 Å². The number of hydrogen-bond donors (Lipinski definition) is 1. The van der Waals surface area contributed by atoms with Gasteiger partial charge in [-0.25, -0.2) is 4.79 Å². The summed E-state index contributed by atoms with van der Waals surface area (Å²) in [6, 6.07) is 14.3. The molecule has 1 N–H and O–H groups in total. The van der Waals surface area contributed by atoms with Crippen molar-refractivity contribution in [2.24, 2.45) is 0 Å². The van der Waals surface area contributed by atoms with Crippen molar-refractivity contribution in [3.8, 4) is 5.75 Å². The van der Waals surface area contributed by atoms with Crippen LogP contribution in [-0.4, -0.2) is 66.4 Å². The predicted molar refractivity (Wildman–Crippen MR) is 114 cm³/mol. The molecule has 0 saturated carbocycles. The van der Waals surface area contributed by atoms with Crippen LogP contribution in [-0.2, 0) is 16.1 Å². The Hall–Kier alpha value is -3.81. The van der Waals surface area contributed by atoms with E-state index in [0.717, 1.165) is 16.5 Å². The number of aromatic nitrogens is 1. The summed E-state index contributed by atoms with van der Waals surface area (Å²) in [5, 5.41) is 0.873. The van der Waals surface area contributed by atoms with E-state index in [-0.39, 0.29) is 18.4 Å². The largest absolute Gasteiger partial charge is 0.497 e. The normalized spacial score (nSPS) is 14.1. The maximum atomic E-state index is 12.9. The molecule has 2 heterocycles. The van der Waals surface area contributed by atoms with E-state index in [4.69, 9.17) is 9.47 Å². The number of nitrogens with one attached hydrogen (secondary N) is 1. The van der Waals surface area contributed by atoms with E-state index < -0.39 is 5.97 Å². The number of methoxy groups -OCH3 is 2. The number of esters is 1. The average molecular weight is 421 g/mol. The molecule has 0 atom stereocenters. The molecule has 8 nitrogen and oxygen atoms in total.